The molecule has 3 heterocycles. The molecule has 1 fully saturated rings. The van der Waals surface area contributed by atoms with Gasteiger partial charge in [0.1, 0.15) is 5.56 Å². The van der Waals surface area contributed by atoms with Gasteiger partial charge in [-0.1, -0.05) is 19.1 Å². The van der Waals surface area contributed by atoms with Crippen LogP contribution < -0.4 is 21.1 Å². The van der Waals surface area contributed by atoms with Gasteiger partial charge in [-0.25, -0.2) is 4.98 Å². The maximum absolute atomic E-state index is 13.2. The number of aromatic nitrogens is 1. The number of carbonyl (C=O) groups excluding carboxylic acids is 4. The molecule has 1 aromatic carbocycles. The summed E-state index contributed by atoms with van der Waals surface area (Å²) in [5.41, 5.74) is 7.82. The molecule has 1 saturated heterocycles. The van der Waals surface area contributed by atoms with Crippen molar-refractivity contribution in [1.82, 2.24) is 15.2 Å². The van der Waals surface area contributed by atoms with Crippen LogP contribution in [-0.2, 0) is 16.1 Å². The zero-order chi connectivity index (χ0) is 23.7. The number of amides is 4. The van der Waals surface area contributed by atoms with Crippen LogP contribution in [0.25, 0.3) is 0 Å². The summed E-state index contributed by atoms with van der Waals surface area (Å²) in [6.45, 7) is 2.93. The first kappa shape index (κ1) is 22.3. The number of anilines is 1. The van der Waals surface area contributed by atoms with Crippen LogP contribution in [0.3, 0.4) is 0 Å². The van der Waals surface area contributed by atoms with Crippen molar-refractivity contribution in [2.75, 3.05) is 19.0 Å². The first-order valence-electron chi connectivity index (χ1n) is 10.6. The van der Waals surface area contributed by atoms with Crippen LogP contribution in [0, 0.1) is 5.92 Å². The number of ether oxygens (including phenoxy) is 1. The van der Waals surface area contributed by atoms with E-state index in [0.29, 0.717) is 25.1 Å². The number of nitrogens with two attached hydrogens (primary N) is 1. The first-order valence-corrected chi connectivity index (χ1v) is 10.6. The van der Waals surface area contributed by atoms with E-state index in [1.165, 1.54) is 19.4 Å². The third kappa shape index (κ3) is 4.36. The highest BCUT2D eigenvalue weighted by atomic mass is 16.5. The third-order valence-corrected chi connectivity index (χ3v) is 6.04. The van der Waals surface area contributed by atoms with Crippen molar-refractivity contribution in [3.05, 3.63) is 52.7 Å². The molecule has 0 bridgehead atoms. The quantitative estimate of drug-likeness (QED) is 0.599. The molecule has 4 N–H and O–H groups in total. The summed E-state index contributed by atoms with van der Waals surface area (Å²) in [7, 11) is 1.34. The molecule has 4 rings (SSSR count). The summed E-state index contributed by atoms with van der Waals surface area (Å²) in [6.07, 6.45) is 2.85. The molecular formula is C23H25N5O5. The maximum atomic E-state index is 13.2. The summed E-state index contributed by atoms with van der Waals surface area (Å²) < 4.78 is 5.00. The van der Waals surface area contributed by atoms with Gasteiger partial charge in [-0.3, -0.25) is 19.2 Å². The Hall–Kier alpha value is -3.95. The monoisotopic (exact) mass is 451 g/mol. The van der Waals surface area contributed by atoms with E-state index < -0.39 is 17.7 Å². The van der Waals surface area contributed by atoms with Gasteiger partial charge in [0.05, 0.1) is 25.0 Å². The number of hydrogen-bond donors (Lipinski definition) is 3. The largest absolute Gasteiger partial charge is 0.480 e. The van der Waals surface area contributed by atoms with E-state index in [1.54, 1.807) is 4.90 Å². The van der Waals surface area contributed by atoms with E-state index in [-0.39, 0.29) is 35.0 Å². The average Bonchev–Trinajstić information content (AvgIpc) is 3.18. The lowest BCUT2D eigenvalue weighted by molar-refractivity contribution is -0.146. The van der Waals surface area contributed by atoms with Crippen molar-refractivity contribution in [2.24, 2.45) is 11.7 Å². The number of nitrogens with zero attached hydrogens (tertiary/aromatic N) is 2. The molecule has 10 nitrogen and oxygen atoms in total. The minimum Gasteiger partial charge on any atom is -0.480 e. The minimum absolute atomic E-state index is 0.0105. The molecule has 0 saturated carbocycles. The standard InChI is InChI=1S/C23H25N5O5/c1-12-3-6-18(13-4-5-14-9-25-20(30)16(14)7-13)28(11-12)23(32)21(31)27-15-8-17(19(24)29)22(33-2)26-10-15/h4-5,7-8,10,12,18H,3,6,9,11H2,1-2H3,(H2,24,29)(H,25,30)(H,27,31)/t12-,18+/m0/s1. The van der Waals surface area contributed by atoms with Crippen LogP contribution in [-0.4, -0.2) is 47.2 Å². The van der Waals surface area contributed by atoms with Crippen LogP contribution in [0.15, 0.2) is 30.5 Å². The molecule has 0 aliphatic carbocycles. The van der Waals surface area contributed by atoms with Gasteiger partial charge in [0, 0.05) is 18.7 Å². The number of piperidine rings is 1. The second kappa shape index (κ2) is 8.89. The fraction of sp³-hybridized carbons (Fsp3) is 0.348. The molecule has 0 spiro atoms. The molecule has 2 atom stereocenters. The van der Waals surface area contributed by atoms with Gasteiger partial charge in [-0.05, 0) is 42.0 Å². The van der Waals surface area contributed by atoms with Crippen molar-refractivity contribution >= 4 is 29.3 Å². The Balaban J connectivity index is 1.57. The molecule has 10 heteroatoms. The Morgan fingerprint density at radius 3 is 2.76 bits per heavy atom. The lowest BCUT2D eigenvalue weighted by Crippen LogP contribution is -2.46. The Kier molecular flexibility index (Phi) is 5.99. The predicted octanol–water partition coefficient (Wildman–Crippen LogP) is 1.37. The highest BCUT2D eigenvalue weighted by Crippen LogP contribution is 2.35. The molecule has 2 aliphatic heterocycles. The van der Waals surface area contributed by atoms with Gasteiger partial charge < -0.3 is 26.0 Å². The zero-order valence-corrected chi connectivity index (χ0v) is 18.4. The van der Waals surface area contributed by atoms with Crippen LogP contribution in [0.5, 0.6) is 5.88 Å². The number of pyridine rings is 1. The first-order chi connectivity index (χ1) is 15.8. The van der Waals surface area contributed by atoms with E-state index in [2.05, 4.69) is 15.6 Å². The van der Waals surface area contributed by atoms with Crippen LogP contribution in [0.4, 0.5) is 5.69 Å². The fourth-order valence-corrected chi connectivity index (χ4v) is 4.34. The summed E-state index contributed by atoms with van der Waals surface area (Å²) in [5.74, 6) is -2.21. The number of methoxy groups -OCH3 is 1. The Morgan fingerprint density at radius 2 is 2.03 bits per heavy atom. The molecular weight excluding hydrogens is 426 g/mol. The van der Waals surface area contributed by atoms with Crippen LogP contribution in [0.1, 0.15) is 57.7 Å². The van der Waals surface area contributed by atoms with Crippen molar-refractivity contribution in [3.8, 4) is 5.88 Å². The second-order valence-electron chi connectivity index (χ2n) is 8.35. The molecule has 33 heavy (non-hydrogen) atoms. The van der Waals surface area contributed by atoms with Crippen LogP contribution in [0.2, 0.25) is 0 Å². The molecule has 0 radical (unpaired) electrons. The molecule has 1 aromatic heterocycles. The fourth-order valence-electron chi connectivity index (χ4n) is 4.34. The third-order valence-electron chi connectivity index (χ3n) is 6.04. The van der Waals surface area contributed by atoms with Crippen molar-refractivity contribution in [1.29, 1.82) is 0 Å². The number of rotatable bonds is 4. The van der Waals surface area contributed by atoms with Crippen molar-refractivity contribution in [2.45, 2.75) is 32.4 Å². The van der Waals surface area contributed by atoms with Crippen molar-refractivity contribution < 1.29 is 23.9 Å². The van der Waals surface area contributed by atoms with E-state index in [9.17, 15) is 19.2 Å². The molecule has 172 valence electrons. The highest BCUT2D eigenvalue weighted by Gasteiger charge is 2.35. The van der Waals surface area contributed by atoms with Gasteiger partial charge in [0.15, 0.2) is 0 Å². The van der Waals surface area contributed by atoms with Gasteiger partial charge in [0.25, 0.3) is 11.8 Å². The van der Waals surface area contributed by atoms with Gasteiger partial charge in [0.2, 0.25) is 5.88 Å². The number of benzene rings is 1. The molecule has 4 amide bonds. The Labute approximate surface area is 190 Å². The smallest absolute Gasteiger partial charge is 0.313 e. The lowest BCUT2D eigenvalue weighted by Gasteiger charge is -2.38. The zero-order valence-electron chi connectivity index (χ0n) is 18.4. The normalized spacial score (nSPS) is 19.5. The lowest BCUT2D eigenvalue weighted by atomic mass is 9.88. The SMILES string of the molecule is COc1ncc(NC(=O)C(=O)N2C[C@@H](C)CC[C@@H]2c2ccc3c(c2)C(=O)NC3)cc1C(N)=O. The van der Waals surface area contributed by atoms with Crippen molar-refractivity contribution in [3.63, 3.8) is 0 Å². The number of likely N-dealkylation sites (tertiary alicyclic amines) is 1. The van der Waals surface area contributed by atoms with Gasteiger partial charge in [-0.15, -0.1) is 0 Å². The minimum atomic E-state index is -0.851. The summed E-state index contributed by atoms with van der Waals surface area (Å²) in [5, 5.41) is 5.29. The number of primary amides is 1. The Bertz CT molecular complexity index is 1150. The number of hydrogen-bond acceptors (Lipinski definition) is 6. The van der Waals surface area contributed by atoms with Gasteiger partial charge in [-0.2, -0.15) is 0 Å². The Morgan fingerprint density at radius 1 is 1.24 bits per heavy atom. The topological polar surface area (TPSA) is 144 Å². The number of carbonyl (C=O) groups is 4. The summed E-state index contributed by atoms with van der Waals surface area (Å²) >= 11 is 0. The maximum Gasteiger partial charge on any atom is 0.313 e. The molecule has 0 unspecified atom stereocenters. The van der Waals surface area contributed by atoms with E-state index in [1.807, 2.05) is 25.1 Å². The highest BCUT2D eigenvalue weighted by molar-refractivity contribution is 6.39. The van der Waals surface area contributed by atoms with E-state index >= 15 is 0 Å². The average molecular weight is 451 g/mol. The molecule has 2 aromatic rings. The summed E-state index contributed by atoms with van der Waals surface area (Å²) in [6, 6.07) is 6.59. The molecule has 2 aliphatic rings. The van der Waals surface area contributed by atoms with E-state index in [0.717, 1.165) is 17.5 Å². The number of fused-ring (bicyclic) bond motifs is 1. The summed E-state index contributed by atoms with van der Waals surface area (Å²) in [4.78, 5) is 55.2. The van der Waals surface area contributed by atoms with E-state index in [4.69, 9.17) is 10.5 Å². The van der Waals surface area contributed by atoms with Gasteiger partial charge >= 0.3 is 11.8 Å². The predicted molar refractivity (Wildman–Crippen MR) is 118 cm³/mol. The number of nitrogens with one attached hydrogen (secondary N) is 2. The second-order valence-corrected chi connectivity index (χ2v) is 8.35. The van der Waals surface area contributed by atoms with Crippen LogP contribution >= 0.6 is 0 Å².